The molecule has 1 fully saturated rings. The molecule has 3 N–H and O–H groups in total. The zero-order chi connectivity index (χ0) is 14.6. The van der Waals surface area contributed by atoms with Gasteiger partial charge in [-0.2, -0.15) is 0 Å². The maximum atomic E-state index is 12.1. The van der Waals surface area contributed by atoms with E-state index in [1.165, 1.54) is 4.90 Å². The van der Waals surface area contributed by atoms with Crippen molar-refractivity contribution >= 4 is 21.7 Å². The second-order valence-corrected chi connectivity index (χ2v) is 7.02. The molecule has 8 heteroatoms. The Bertz CT molecular complexity index is 448. The fraction of sp³-hybridized carbons (Fsp3) is 0.818. The first-order valence-corrected chi connectivity index (χ1v) is 8.07. The minimum Gasteiger partial charge on any atom is -0.481 e. The molecule has 1 rings (SSSR count). The molecule has 7 nitrogen and oxygen atoms in total. The molecule has 0 radical (unpaired) electrons. The number of nitrogens with two attached hydrogens (primary N) is 1. The van der Waals surface area contributed by atoms with Gasteiger partial charge >= 0.3 is 5.97 Å². The molecule has 1 saturated heterocycles. The van der Waals surface area contributed by atoms with Gasteiger partial charge in [-0.15, -0.1) is 0 Å². The average molecular weight is 292 g/mol. The van der Waals surface area contributed by atoms with Gasteiger partial charge in [0, 0.05) is 6.54 Å². The smallest absolute Gasteiger partial charge is 0.305 e. The van der Waals surface area contributed by atoms with Crippen LogP contribution < -0.4 is 5.73 Å². The van der Waals surface area contributed by atoms with Gasteiger partial charge in [0.15, 0.2) is 9.84 Å². The van der Waals surface area contributed by atoms with Crippen molar-refractivity contribution in [3.63, 3.8) is 0 Å². The summed E-state index contributed by atoms with van der Waals surface area (Å²) in [5, 5.41) is 8.81. The molecule has 1 heterocycles. The summed E-state index contributed by atoms with van der Waals surface area (Å²) >= 11 is 0. The Morgan fingerprint density at radius 3 is 2.63 bits per heavy atom. The molecular formula is C11H20N2O5S. The first-order valence-electron chi connectivity index (χ1n) is 6.25. The van der Waals surface area contributed by atoms with Gasteiger partial charge in [0.2, 0.25) is 5.91 Å². The number of carboxylic acids is 1. The Morgan fingerprint density at radius 2 is 2.11 bits per heavy atom. The van der Waals surface area contributed by atoms with Crippen molar-refractivity contribution in [2.24, 2.45) is 5.73 Å². The summed E-state index contributed by atoms with van der Waals surface area (Å²) in [6.45, 7) is 1.92. The molecule has 1 amide bonds. The lowest BCUT2D eigenvalue weighted by Crippen LogP contribution is -2.56. The highest BCUT2D eigenvalue weighted by molar-refractivity contribution is 7.91. The van der Waals surface area contributed by atoms with E-state index in [1.807, 2.05) is 6.92 Å². The number of carbonyl (C=O) groups excluding carboxylic acids is 1. The fourth-order valence-electron chi connectivity index (χ4n) is 2.19. The predicted molar refractivity (Wildman–Crippen MR) is 69.3 cm³/mol. The molecule has 1 aliphatic rings. The minimum atomic E-state index is -3.28. The Morgan fingerprint density at radius 1 is 1.47 bits per heavy atom. The van der Waals surface area contributed by atoms with Crippen LogP contribution in [-0.2, 0) is 19.4 Å². The van der Waals surface area contributed by atoms with E-state index in [-0.39, 0.29) is 30.4 Å². The third-order valence-electron chi connectivity index (χ3n) is 3.14. The van der Waals surface area contributed by atoms with E-state index in [0.717, 1.165) is 6.42 Å². The van der Waals surface area contributed by atoms with Gasteiger partial charge in [0.1, 0.15) is 0 Å². The maximum absolute atomic E-state index is 12.1. The standard InChI is InChI=1S/C11H20N2O5S/c1-2-3-9(12)11(16)13-4-5-19(17,18)7-8(13)6-10(14)15/h8-9H,2-7,12H2,1H3,(H,14,15). The molecular weight excluding hydrogens is 272 g/mol. The normalized spacial score (nSPS) is 23.9. The number of carboxylic acid groups (broad SMARTS) is 1. The number of aliphatic carboxylic acids is 1. The van der Waals surface area contributed by atoms with Crippen LogP contribution in [0.15, 0.2) is 0 Å². The Hall–Kier alpha value is -1.15. The van der Waals surface area contributed by atoms with Crippen LogP contribution in [-0.4, -0.2) is 60.4 Å². The van der Waals surface area contributed by atoms with Gasteiger partial charge in [-0.05, 0) is 6.42 Å². The van der Waals surface area contributed by atoms with E-state index < -0.39 is 27.9 Å². The molecule has 19 heavy (non-hydrogen) atoms. The van der Waals surface area contributed by atoms with Gasteiger partial charge in [0.05, 0.1) is 30.0 Å². The van der Waals surface area contributed by atoms with Gasteiger partial charge in [-0.1, -0.05) is 13.3 Å². The zero-order valence-corrected chi connectivity index (χ0v) is 11.7. The van der Waals surface area contributed by atoms with Crippen molar-refractivity contribution in [2.75, 3.05) is 18.1 Å². The predicted octanol–water partition coefficient (Wildman–Crippen LogP) is -0.786. The summed E-state index contributed by atoms with van der Waals surface area (Å²) in [6.07, 6.45) is 0.869. The fourth-order valence-corrected chi connectivity index (χ4v) is 3.72. The molecule has 0 aliphatic carbocycles. The second kappa shape index (κ2) is 6.33. The van der Waals surface area contributed by atoms with Gasteiger partial charge in [0.25, 0.3) is 0 Å². The number of nitrogens with zero attached hydrogens (tertiary/aromatic N) is 1. The second-order valence-electron chi connectivity index (χ2n) is 4.79. The molecule has 2 unspecified atom stereocenters. The number of carbonyl (C=O) groups is 2. The minimum absolute atomic E-state index is 0.0243. The lowest BCUT2D eigenvalue weighted by atomic mass is 10.1. The Balaban J connectivity index is 2.84. The third kappa shape index (κ3) is 4.46. The molecule has 0 bridgehead atoms. The summed E-state index contributed by atoms with van der Waals surface area (Å²) in [4.78, 5) is 24.2. The van der Waals surface area contributed by atoms with E-state index in [2.05, 4.69) is 0 Å². The summed E-state index contributed by atoms with van der Waals surface area (Å²) in [5.74, 6) is -1.91. The van der Waals surface area contributed by atoms with E-state index in [1.54, 1.807) is 0 Å². The van der Waals surface area contributed by atoms with E-state index >= 15 is 0 Å². The average Bonchev–Trinajstić information content (AvgIpc) is 2.26. The van der Waals surface area contributed by atoms with Crippen LogP contribution in [0.2, 0.25) is 0 Å². The number of hydrogen-bond donors (Lipinski definition) is 2. The Labute approximate surface area is 112 Å². The van der Waals surface area contributed by atoms with E-state index in [9.17, 15) is 18.0 Å². The number of amides is 1. The molecule has 0 spiro atoms. The highest BCUT2D eigenvalue weighted by atomic mass is 32.2. The highest BCUT2D eigenvalue weighted by Gasteiger charge is 2.36. The lowest BCUT2D eigenvalue weighted by Gasteiger charge is -2.36. The van der Waals surface area contributed by atoms with Crippen LogP contribution >= 0.6 is 0 Å². The van der Waals surface area contributed by atoms with Gasteiger partial charge in [-0.25, -0.2) is 8.42 Å². The summed E-state index contributed by atoms with van der Waals surface area (Å²) in [5.41, 5.74) is 5.73. The van der Waals surface area contributed by atoms with Crippen LogP contribution in [0, 0.1) is 0 Å². The van der Waals surface area contributed by atoms with Crippen molar-refractivity contribution in [1.82, 2.24) is 4.90 Å². The van der Waals surface area contributed by atoms with Gasteiger partial charge < -0.3 is 15.7 Å². The largest absolute Gasteiger partial charge is 0.481 e. The van der Waals surface area contributed by atoms with Crippen LogP contribution in [0.1, 0.15) is 26.2 Å². The highest BCUT2D eigenvalue weighted by Crippen LogP contribution is 2.17. The topological polar surface area (TPSA) is 118 Å². The van der Waals surface area contributed by atoms with Gasteiger partial charge in [-0.3, -0.25) is 9.59 Å². The maximum Gasteiger partial charge on any atom is 0.305 e. The van der Waals surface area contributed by atoms with Crippen molar-refractivity contribution in [1.29, 1.82) is 0 Å². The summed E-state index contributed by atoms with van der Waals surface area (Å²) in [7, 11) is -3.28. The van der Waals surface area contributed by atoms with Crippen LogP contribution in [0.4, 0.5) is 0 Å². The lowest BCUT2D eigenvalue weighted by molar-refractivity contribution is -0.141. The molecule has 1 aliphatic heterocycles. The molecule has 0 aromatic rings. The number of sulfone groups is 1. The Kier molecular flexibility index (Phi) is 5.30. The molecule has 110 valence electrons. The third-order valence-corrected chi connectivity index (χ3v) is 4.84. The monoisotopic (exact) mass is 292 g/mol. The molecule has 0 aromatic carbocycles. The quantitative estimate of drug-likeness (QED) is 0.686. The van der Waals surface area contributed by atoms with Crippen molar-refractivity contribution in [3.8, 4) is 0 Å². The van der Waals surface area contributed by atoms with Crippen LogP contribution in [0.5, 0.6) is 0 Å². The first kappa shape index (κ1) is 15.9. The number of hydrogen-bond acceptors (Lipinski definition) is 5. The van der Waals surface area contributed by atoms with Crippen molar-refractivity contribution in [2.45, 2.75) is 38.3 Å². The SMILES string of the molecule is CCCC(N)C(=O)N1CCS(=O)(=O)CC1CC(=O)O. The van der Waals surface area contributed by atoms with E-state index in [0.29, 0.717) is 6.42 Å². The molecule has 0 aromatic heterocycles. The van der Waals surface area contributed by atoms with Crippen LogP contribution in [0.3, 0.4) is 0 Å². The summed E-state index contributed by atoms with van der Waals surface area (Å²) < 4.78 is 23.1. The molecule has 0 saturated carbocycles. The molecule has 2 atom stereocenters. The first-order chi connectivity index (χ1) is 8.76. The van der Waals surface area contributed by atoms with Crippen molar-refractivity contribution in [3.05, 3.63) is 0 Å². The van der Waals surface area contributed by atoms with Crippen molar-refractivity contribution < 1.29 is 23.1 Å². The zero-order valence-electron chi connectivity index (χ0n) is 10.9. The van der Waals surface area contributed by atoms with E-state index in [4.69, 9.17) is 10.8 Å². The van der Waals surface area contributed by atoms with Crippen LogP contribution in [0.25, 0.3) is 0 Å². The number of rotatable bonds is 5. The summed E-state index contributed by atoms with van der Waals surface area (Å²) in [6, 6.07) is -1.51.